The molecule has 0 aromatic carbocycles. The quantitative estimate of drug-likeness (QED) is 0.831. The maximum Gasteiger partial charge on any atom is 0.408 e. The minimum atomic E-state index is -4.50. The van der Waals surface area contributed by atoms with Gasteiger partial charge < -0.3 is 15.5 Å². The molecule has 1 heterocycles. The van der Waals surface area contributed by atoms with Crippen LogP contribution in [0.15, 0.2) is 0 Å². The van der Waals surface area contributed by atoms with Crippen molar-refractivity contribution in [1.29, 1.82) is 0 Å². The molecule has 1 saturated heterocycles. The lowest BCUT2D eigenvalue weighted by Gasteiger charge is -2.34. The van der Waals surface area contributed by atoms with E-state index in [-0.39, 0.29) is 24.8 Å². The largest absolute Gasteiger partial charge is 0.408 e. The molecule has 0 aliphatic carbocycles. The van der Waals surface area contributed by atoms with Gasteiger partial charge in [0.05, 0.1) is 5.92 Å². The van der Waals surface area contributed by atoms with Crippen LogP contribution in [-0.2, 0) is 4.79 Å². The SMILES string of the molecule is CNC(=O)[C@H]1CCCN(C(=O)N[C@H](CC(C)(C)C)C(F)(F)F)C1. The van der Waals surface area contributed by atoms with E-state index in [1.807, 2.05) is 0 Å². The van der Waals surface area contributed by atoms with Gasteiger partial charge in [-0.1, -0.05) is 20.8 Å². The lowest BCUT2D eigenvalue weighted by atomic mass is 9.88. The van der Waals surface area contributed by atoms with E-state index < -0.39 is 23.7 Å². The Labute approximate surface area is 135 Å². The van der Waals surface area contributed by atoms with Gasteiger partial charge in [-0.2, -0.15) is 13.2 Å². The van der Waals surface area contributed by atoms with E-state index in [1.165, 1.54) is 11.9 Å². The zero-order valence-electron chi connectivity index (χ0n) is 14.1. The smallest absolute Gasteiger partial charge is 0.359 e. The van der Waals surface area contributed by atoms with Crippen molar-refractivity contribution in [3.05, 3.63) is 0 Å². The molecular formula is C15H26F3N3O2. The number of rotatable bonds is 3. The summed E-state index contributed by atoms with van der Waals surface area (Å²) in [6, 6.07) is -2.65. The van der Waals surface area contributed by atoms with E-state index in [2.05, 4.69) is 10.6 Å². The molecule has 0 unspecified atom stereocenters. The van der Waals surface area contributed by atoms with Crippen LogP contribution in [-0.4, -0.2) is 49.2 Å². The third-order valence-corrected chi connectivity index (χ3v) is 3.84. The fourth-order valence-corrected chi connectivity index (χ4v) is 2.68. The summed E-state index contributed by atoms with van der Waals surface area (Å²) in [4.78, 5) is 25.1. The van der Waals surface area contributed by atoms with Crippen LogP contribution in [0.2, 0.25) is 0 Å². The number of likely N-dealkylation sites (tertiary alicyclic amines) is 1. The molecule has 0 aromatic rings. The molecule has 1 aliphatic rings. The molecule has 5 nitrogen and oxygen atoms in total. The van der Waals surface area contributed by atoms with Gasteiger partial charge in [0.2, 0.25) is 5.91 Å². The second-order valence-electron chi connectivity index (χ2n) is 7.21. The molecular weight excluding hydrogens is 311 g/mol. The van der Waals surface area contributed by atoms with Gasteiger partial charge in [0.1, 0.15) is 6.04 Å². The zero-order valence-corrected chi connectivity index (χ0v) is 14.1. The van der Waals surface area contributed by atoms with Gasteiger partial charge in [0.15, 0.2) is 0 Å². The number of urea groups is 1. The molecule has 23 heavy (non-hydrogen) atoms. The maximum absolute atomic E-state index is 13.1. The molecule has 0 saturated carbocycles. The molecule has 134 valence electrons. The number of nitrogens with zero attached hydrogens (tertiary/aromatic N) is 1. The fourth-order valence-electron chi connectivity index (χ4n) is 2.68. The summed E-state index contributed by atoms with van der Waals surface area (Å²) in [5.41, 5.74) is -0.569. The number of hydrogen-bond donors (Lipinski definition) is 2. The summed E-state index contributed by atoms with van der Waals surface area (Å²) in [6.45, 7) is 5.59. The predicted molar refractivity (Wildman–Crippen MR) is 80.8 cm³/mol. The molecule has 2 N–H and O–H groups in total. The average Bonchev–Trinajstić information content (AvgIpc) is 2.43. The van der Waals surface area contributed by atoms with Gasteiger partial charge in [-0.05, 0) is 24.7 Å². The van der Waals surface area contributed by atoms with Crippen LogP contribution in [0.3, 0.4) is 0 Å². The third-order valence-electron chi connectivity index (χ3n) is 3.84. The van der Waals surface area contributed by atoms with Crippen molar-refractivity contribution in [1.82, 2.24) is 15.5 Å². The Balaban J connectivity index is 2.73. The highest BCUT2D eigenvalue weighted by atomic mass is 19.4. The van der Waals surface area contributed by atoms with Crippen LogP contribution >= 0.6 is 0 Å². The highest BCUT2D eigenvalue weighted by molar-refractivity contribution is 5.80. The van der Waals surface area contributed by atoms with Crippen molar-refractivity contribution in [2.45, 2.75) is 52.3 Å². The highest BCUT2D eigenvalue weighted by Crippen LogP contribution is 2.31. The van der Waals surface area contributed by atoms with Gasteiger partial charge >= 0.3 is 12.2 Å². The summed E-state index contributed by atoms with van der Waals surface area (Å²) in [7, 11) is 1.50. The van der Waals surface area contributed by atoms with Crippen molar-refractivity contribution in [2.75, 3.05) is 20.1 Å². The molecule has 0 radical (unpaired) electrons. The number of carbonyl (C=O) groups excluding carboxylic acids is 2. The van der Waals surface area contributed by atoms with Crippen LogP contribution < -0.4 is 10.6 Å². The highest BCUT2D eigenvalue weighted by Gasteiger charge is 2.43. The van der Waals surface area contributed by atoms with Gasteiger partial charge in [0, 0.05) is 20.1 Å². The van der Waals surface area contributed by atoms with Crippen molar-refractivity contribution in [3.63, 3.8) is 0 Å². The Morgan fingerprint density at radius 2 is 1.87 bits per heavy atom. The maximum atomic E-state index is 13.1. The van der Waals surface area contributed by atoms with E-state index in [9.17, 15) is 22.8 Å². The van der Waals surface area contributed by atoms with Crippen LogP contribution in [0, 0.1) is 11.3 Å². The number of piperidine rings is 1. The van der Waals surface area contributed by atoms with Gasteiger partial charge in [-0.3, -0.25) is 4.79 Å². The predicted octanol–water partition coefficient (Wildman–Crippen LogP) is 2.52. The lowest BCUT2D eigenvalue weighted by molar-refractivity contribution is -0.159. The molecule has 0 bridgehead atoms. The van der Waals surface area contributed by atoms with Gasteiger partial charge in [-0.25, -0.2) is 4.79 Å². The van der Waals surface area contributed by atoms with Crippen LogP contribution in [0.5, 0.6) is 0 Å². The number of alkyl halides is 3. The number of halogens is 3. The summed E-state index contributed by atoms with van der Waals surface area (Å²) >= 11 is 0. The van der Waals surface area contributed by atoms with E-state index in [4.69, 9.17) is 0 Å². The molecule has 2 atom stereocenters. The van der Waals surface area contributed by atoms with E-state index >= 15 is 0 Å². The van der Waals surface area contributed by atoms with Crippen LogP contribution in [0.4, 0.5) is 18.0 Å². The number of hydrogen-bond acceptors (Lipinski definition) is 2. The Hall–Kier alpha value is -1.47. The Bertz CT molecular complexity index is 433. The first kappa shape index (κ1) is 19.6. The van der Waals surface area contributed by atoms with Crippen LogP contribution in [0.25, 0.3) is 0 Å². The van der Waals surface area contributed by atoms with Gasteiger partial charge in [-0.15, -0.1) is 0 Å². The molecule has 1 rings (SSSR count). The number of carbonyl (C=O) groups is 2. The topological polar surface area (TPSA) is 61.4 Å². The lowest BCUT2D eigenvalue weighted by Crippen LogP contribution is -2.54. The van der Waals surface area contributed by atoms with Crippen LogP contribution in [0.1, 0.15) is 40.0 Å². The Morgan fingerprint density at radius 3 is 2.35 bits per heavy atom. The van der Waals surface area contributed by atoms with E-state index in [0.717, 1.165) is 0 Å². The van der Waals surface area contributed by atoms with E-state index in [0.29, 0.717) is 19.4 Å². The standard InChI is InChI=1S/C15H26F3N3O2/c1-14(2,3)8-11(15(16,17)18)20-13(23)21-7-5-6-10(9-21)12(22)19-4/h10-11H,5-9H2,1-4H3,(H,19,22)(H,20,23)/t10-,11+/m0/s1. The second-order valence-corrected chi connectivity index (χ2v) is 7.21. The fraction of sp³-hybridized carbons (Fsp3) is 0.867. The minimum absolute atomic E-state index is 0.144. The monoisotopic (exact) mass is 337 g/mol. The summed E-state index contributed by atoms with van der Waals surface area (Å²) < 4.78 is 39.4. The first-order chi connectivity index (χ1) is 10.4. The zero-order chi connectivity index (χ0) is 17.8. The molecule has 1 aliphatic heterocycles. The Morgan fingerprint density at radius 1 is 1.26 bits per heavy atom. The normalized spacial score (nSPS) is 20.8. The average molecular weight is 337 g/mol. The molecule has 8 heteroatoms. The van der Waals surface area contributed by atoms with E-state index in [1.54, 1.807) is 20.8 Å². The van der Waals surface area contributed by atoms with Crippen molar-refractivity contribution in [3.8, 4) is 0 Å². The first-order valence-electron chi connectivity index (χ1n) is 7.78. The molecule has 1 fully saturated rings. The summed E-state index contributed by atoms with van der Waals surface area (Å²) in [6.07, 6.45) is -3.47. The third kappa shape index (κ3) is 6.27. The van der Waals surface area contributed by atoms with Crippen molar-refractivity contribution >= 4 is 11.9 Å². The van der Waals surface area contributed by atoms with Crippen molar-refractivity contribution in [2.24, 2.45) is 11.3 Å². The second kappa shape index (κ2) is 7.40. The number of nitrogens with one attached hydrogen (secondary N) is 2. The van der Waals surface area contributed by atoms with Gasteiger partial charge in [0.25, 0.3) is 0 Å². The molecule has 0 spiro atoms. The summed E-state index contributed by atoms with van der Waals surface area (Å²) in [5, 5.41) is 4.60. The minimum Gasteiger partial charge on any atom is -0.359 e. The molecule has 0 aromatic heterocycles. The first-order valence-corrected chi connectivity index (χ1v) is 7.78. The molecule has 3 amide bonds. The van der Waals surface area contributed by atoms with Crippen molar-refractivity contribution < 1.29 is 22.8 Å². The number of amides is 3. The Kier molecular flexibility index (Phi) is 6.30. The summed E-state index contributed by atoms with van der Waals surface area (Å²) in [5.74, 6) is -0.559.